The number of aliphatic hydroxyl groups is 9. The largest absolute Gasteiger partial charge is 1.00 e. The van der Waals surface area contributed by atoms with E-state index in [1.807, 2.05) is 0 Å². The summed E-state index contributed by atoms with van der Waals surface area (Å²) in [4.78, 5) is 12.2. The fraction of sp³-hybridized carbons (Fsp3) is 0.929. The van der Waals surface area contributed by atoms with E-state index < -0.39 is 97.0 Å². The van der Waals surface area contributed by atoms with Gasteiger partial charge in [0.1, 0.15) is 48.8 Å². The second-order valence-corrected chi connectivity index (χ2v) is 20.6. The predicted molar refractivity (Wildman–Crippen MR) is 198 cm³/mol. The Morgan fingerprint density at radius 3 is 2.07 bits per heavy atom. The summed E-state index contributed by atoms with van der Waals surface area (Å²) in [6.45, 7) is 12.6. The van der Waals surface area contributed by atoms with Crippen LogP contribution in [-0.2, 0) is 23.7 Å². The van der Waals surface area contributed by atoms with Crippen LogP contribution in [0.15, 0.2) is 11.6 Å². The third kappa shape index (κ3) is 7.15. The maximum Gasteiger partial charge on any atom is 1.00 e. The van der Waals surface area contributed by atoms with Crippen LogP contribution in [0.3, 0.4) is 0 Å². The minimum absolute atomic E-state index is 0. The van der Waals surface area contributed by atoms with E-state index in [0.29, 0.717) is 25.7 Å². The predicted octanol–water partition coefficient (Wildman–Crippen LogP) is -3.51. The van der Waals surface area contributed by atoms with Crippen LogP contribution in [0.2, 0.25) is 0 Å². The molecule has 20 atom stereocenters. The Balaban J connectivity index is 0.00000567. The van der Waals surface area contributed by atoms with Crippen LogP contribution in [0.4, 0.5) is 0 Å². The summed E-state index contributed by atoms with van der Waals surface area (Å²) in [5.41, 5.74) is -0.801. The van der Waals surface area contributed by atoms with E-state index in [1.165, 1.54) is 5.57 Å². The van der Waals surface area contributed by atoms with E-state index in [1.54, 1.807) is 0 Å². The van der Waals surface area contributed by atoms with Crippen molar-refractivity contribution in [2.75, 3.05) is 19.8 Å². The second kappa shape index (κ2) is 16.7. The Morgan fingerprint density at radius 1 is 0.776 bits per heavy atom. The molecule has 2 aliphatic heterocycles. The van der Waals surface area contributed by atoms with Gasteiger partial charge >= 0.3 is 51.4 Å². The van der Waals surface area contributed by atoms with Gasteiger partial charge in [0.25, 0.3) is 0 Å². The van der Waals surface area contributed by atoms with Crippen molar-refractivity contribution >= 4 is 5.97 Å². The van der Waals surface area contributed by atoms with E-state index in [2.05, 4.69) is 47.6 Å². The van der Waals surface area contributed by atoms with Crippen LogP contribution in [-0.4, -0.2) is 145 Å². The molecule has 7 rings (SSSR count). The van der Waals surface area contributed by atoms with Gasteiger partial charge in [-0.25, -0.2) is 0 Å². The summed E-state index contributed by atoms with van der Waals surface area (Å²) in [5.74, 6) is -1.46. The van der Waals surface area contributed by atoms with Crippen LogP contribution in [0, 0.1) is 50.2 Å². The van der Waals surface area contributed by atoms with Crippen molar-refractivity contribution in [1.29, 1.82) is 0 Å². The fourth-order valence-corrected chi connectivity index (χ4v) is 13.8. The molecule has 0 bridgehead atoms. The van der Waals surface area contributed by atoms with Crippen molar-refractivity contribution in [3.63, 3.8) is 0 Å². The minimum atomic E-state index is -2.01. The second-order valence-electron chi connectivity index (χ2n) is 20.6. The third-order valence-corrected chi connectivity index (χ3v) is 17.6. The molecule has 0 spiro atoms. The zero-order valence-corrected chi connectivity index (χ0v) is 38.3. The Kier molecular flexibility index (Phi) is 13.8. The van der Waals surface area contributed by atoms with Crippen LogP contribution >= 0.6 is 0 Å². The Hall–Kier alpha value is 0.326. The molecule has 2 heterocycles. The summed E-state index contributed by atoms with van der Waals surface area (Å²) in [7, 11) is 0. The summed E-state index contributed by atoms with van der Waals surface area (Å²) in [6.07, 6.45) is -9.92. The third-order valence-electron chi connectivity index (χ3n) is 17.6. The summed E-state index contributed by atoms with van der Waals surface area (Å²) >= 11 is 0. The van der Waals surface area contributed by atoms with E-state index in [9.17, 15) is 55.9 Å². The monoisotopic (exact) mass is 850 g/mol. The quantitative estimate of drug-likeness (QED) is 0.0653. The summed E-state index contributed by atoms with van der Waals surface area (Å²) in [6, 6.07) is 0. The van der Waals surface area contributed by atoms with Crippen LogP contribution in [0.5, 0.6) is 0 Å². The van der Waals surface area contributed by atoms with E-state index in [-0.39, 0.29) is 104 Å². The molecule has 6 fully saturated rings. The van der Waals surface area contributed by atoms with Gasteiger partial charge in [-0.3, -0.25) is 0 Å². The molecule has 58 heavy (non-hydrogen) atoms. The number of carbonyl (C=O) groups is 1. The van der Waals surface area contributed by atoms with Gasteiger partial charge in [-0.15, -0.1) is 0 Å². The number of rotatable bonds is 8. The molecule has 326 valence electrons. The van der Waals surface area contributed by atoms with Crippen LogP contribution in [0.25, 0.3) is 0 Å². The molecule has 0 aromatic rings. The maximum atomic E-state index is 12.2. The number of carboxylic acid groups (broad SMARTS) is 1. The molecule has 0 amide bonds. The van der Waals surface area contributed by atoms with Crippen molar-refractivity contribution in [1.82, 2.24) is 0 Å². The van der Waals surface area contributed by atoms with Crippen LogP contribution in [0.1, 0.15) is 99.3 Å². The molecule has 0 radical (unpaired) electrons. The molecule has 0 aromatic heterocycles. The maximum absolute atomic E-state index is 12.2. The minimum Gasteiger partial charge on any atom is -0.547 e. The Bertz CT molecular complexity index is 1550. The van der Waals surface area contributed by atoms with Crippen molar-refractivity contribution in [2.45, 2.75) is 173 Å². The zero-order valence-electron chi connectivity index (χ0n) is 35.2. The SMILES string of the molecule is CC1(C)C2CC[C@]3(C)[C@H](CC=C4[C@@H]5C[C@](C)(CO)CC[C@]5(CO)[C@@H](O)C[C@]43C)[C@@]2(C)CC[C@@H]1O[C@@H]1O[C@H](C(=O)[O-])[C@@H](O)[C@H](O[C@@H]2O[C@H](CO)[C@@H](O)[C@H](O)[C@H]2O)[C@H]1O.[K+]. The van der Waals surface area contributed by atoms with Gasteiger partial charge in [0, 0.05) is 12.0 Å². The number of aliphatic hydroxyl groups excluding tert-OH is 9. The molecular weight excluding hydrogens is 784 g/mol. The normalized spacial score (nSPS) is 53.8. The van der Waals surface area contributed by atoms with E-state index in [4.69, 9.17) is 18.9 Å². The van der Waals surface area contributed by atoms with Gasteiger partial charge in [-0.1, -0.05) is 53.2 Å². The van der Waals surface area contributed by atoms with Gasteiger partial charge in [-0.05, 0) is 103 Å². The van der Waals surface area contributed by atoms with E-state index >= 15 is 0 Å². The van der Waals surface area contributed by atoms with Crippen molar-refractivity contribution < 1.29 is 126 Å². The molecule has 5 aliphatic carbocycles. The van der Waals surface area contributed by atoms with E-state index in [0.717, 1.165) is 32.1 Å². The molecule has 0 aromatic carbocycles. The van der Waals surface area contributed by atoms with Gasteiger partial charge < -0.3 is 74.8 Å². The number of ether oxygens (including phenoxy) is 4. The standard InChI is InChI=1S/C42H68O15.K/c1-37(2)23-9-12-40(5)24(8-7-20-21-15-38(3,18-44)13-14-42(21,19-45)25(46)16-41(20,40)6)39(23,4)11-10-26(37)55-36-31(51)32(30(50)33(57-36)34(52)53)56-35-29(49)28(48)27(47)22(17-43)54-35;/h7,21-33,35-36,43-51H,8-19H2,1-6H3,(H,52,53);/q;+1/p-1/t21-,22+,23?,24+,25-,26-,27+,28-,29+,30-,31+,32-,33-,35-,36+,38+,39-,40+,41+,42+;/m0./s1. The summed E-state index contributed by atoms with van der Waals surface area (Å²) in [5, 5.41) is 109. The Morgan fingerprint density at radius 2 is 1.45 bits per heavy atom. The number of aliphatic carboxylic acids is 1. The first-order valence-electron chi connectivity index (χ1n) is 21.0. The molecule has 1 unspecified atom stereocenters. The van der Waals surface area contributed by atoms with Gasteiger partial charge in [-0.2, -0.15) is 0 Å². The average Bonchev–Trinajstić information content (AvgIpc) is 3.15. The van der Waals surface area contributed by atoms with Crippen molar-refractivity contribution in [2.24, 2.45) is 50.2 Å². The number of carbonyl (C=O) groups excluding carboxylic acids is 1. The molecule has 9 N–H and O–H groups in total. The van der Waals surface area contributed by atoms with Crippen molar-refractivity contribution in [3.8, 4) is 0 Å². The van der Waals surface area contributed by atoms with Crippen LogP contribution < -0.4 is 56.5 Å². The van der Waals surface area contributed by atoms with Gasteiger partial charge in [0.2, 0.25) is 0 Å². The number of carboxylic acids is 1. The molecule has 7 aliphatic rings. The number of hydrogen-bond acceptors (Lipinski definition) is 15. The molecule has 4 saturated carbocycles. The molecule has 15 nitrogen and oxygen atoms in total. The molecular formula is C42H67KO15. The molecule has 16 heteroatoms. The average molecular weight is 851 g/mol. The smallest absolute Gasteiger partial charge is 0.547 e. The topological polar surface area (TPSA) is 259 Å². The number of fused-ring (bicyclic) bond motifs is 7. The van der Waals surface area contributed by atoms with Gasteiger partial charge in [0.15, 0.2) is 12.6 Å². The van der Waals surface area contributed by atoms with Crippen molar-refractivity contribution in [3.05, 3.63) is 11.6 Å². The zero-order chi connectivity index (χ0) is 41.8. The number of allylic oxidation sites excluding steroid dienone is 2. The first-order valence-corrected chi connectivity index (χ1v) is 21.0. The fourth-order valence-electron chi connectivity index (χ4n) is 13.8. The number of hydrogen-bond donors (Lipinski definition) is 9. The van der Waals surface area contributed by atoms with Gasteiger partial charge in [0.05, 0.1) is 31.4 Å². The first kappa shape index (κ1) is 47.8. The summed E-state index contributed by atoms with van der Waals surface area (Å²) < 4.78 is 23.3. The Labute approximate surface area is 383 Å². The molecule has 2 saturated heterocycles. The first-order chi connectivity index (χ1) is 26.6.